The number of hydrogen-bond acceptors (Lipinski definition) is 5. The monoisotopic (exact) mass is 571 g/mol. The molecule has 0 amide bonds. The Bertz CT molecular complexity index is 1470. The lowest BCUT2D eigenvalue weighted by Crippen LogP contribution is -2.44. The Balaban J connectivity index is 0.00000387. The largest absolute Gasteiger partial charge is 0.492 e. The van der Waals surface area contributed by atoms with Gasteiger partial charge in [0.2, 0.25) is 5.75 Å². The number of aryl methyl sites for hydroxylation is 3. The number of carbonyl (C=O) groups is 1. The van der Waals surface area contributed by atoms with Gasteiger partial charge in [-0.2, -0.15) is 0 Å². The second kappa shape index (κ2) is 12.0. The first-order valence-corrected chi connectivity index (χ1v) is 13.7. The zero-order valence-electron chi connectivity index (χ0n) is 24.5. The van der Waals surface area contributed by atoms with Crippen LogP contribution in [0.3, 0.4) is 0 Å². The van der Waals surface area contributed by atoms with Crippen LogP contribution in [-0.4, -0.2) is 25.0 Å². The van der Waals surface area contributed by atoms with E-state index in [-0.39, 0.29) is 30.3 Å². The molecule has 1 heterocycles. The Labute approximate surface area is 249 Å². The van der Waals surface area contributed by atoms with Gasteiger partial charge in [-0.25, -0.2) is 0 Å². The topological polar surface area (TPSA) is 56.8 Å². The predicted octanol–water partition coefficient (Wildman–Crippen LogP) is 7.51. The summed E-state index contributed by atoms with van der Waals surface area (Å²) in [6, 6.07) is 27.6. The summed E-state index contributed by atoms with van der Waals surface area (Å²) in [5.74, 6) is 0.0571. The number of carbonyl (C=O) groups excluding carboxylic acids is 1. The number of fused-ring (bicyclic) bond motifs is 1. The molecule has 0 bridgehead atoms. The Morgan fingerprint density at radius 3 is 1.95 bits per heavy atom. The molecule has 1 aliphatic rings. The van der Waals surface area contributed by atoms with Crippen LogP contribution in [0.1, 0.15) is 57.6 Å². The Morgan fingerprint density at radius 2 is 1.41 bits per heavy atom. The van der Waals surface area contributed by atoms with Gasteiger partial charge in [0.1, 0.15) is 0 Å². The van der Waals surface area contributed by atoms with Gasteiger partial charge in [0, 0.05) is 16.7 Å². The minimum Gasteiger partial charge on any atom is -0.492 e. The van der Waals surface area contributed by atoms with Crippen LogP contribution < -0.4 is 19.5 Å². The van der Waals surface area contributed by atoms with E-state index >= 15 is 0 Å². The first-order valence-electron chi connectivity index (χ1n) is 13.7. The molecular formula is C35H38ClNO4. The summed E-state index contributed by atoms with van der Waals surface area (Å²) >= 11 is 0. The molecular weight excluding hydrogens is 534 g/mol. The average molecular weight is 572 g/mol. The summed E-state index contributed by atoms with van der Waals surface area (Å²) < 4.78 is 18.9. The van der Waals surface area contributed by atoms with Crippen molar-refractivity contribution in [3.8, 4) is 17.2 Å². The van der Waals surface area contributed by atoms with Crippen molar-refractivity contribution >= 4 is 18.2 Å². The van der Waals surface area contributed by atoms with E-state index in [1.165, 1.54) is 22.3 Å². The molecule has 0 saturated carbocycles. The molecule has 1 N–H and O–H groups in total. The smallest absolute Gasteiger partial charge is 0.305 e. The van der Waals surface area contributed by atoms with Crippen molar-refractivity contribution in [3.63, 3.8) is 0 Å². The molecule has 6 heteroatoms. The predicted molar refractivity (Wildman–Crippen MR) is 166 cm³/mol. The molecule has 5 rings (SSSR count). The van der Waals surface area contributed by atoms with Crippen LogP contribution in [0, 0.1) is 20.8 Å². The third kappa shape index (κ3) is 5.97. The van der Waals surface area contributed by atoms with Crippen molar-refractivity contribution in [2.24, 2.45) is 0 Å². The number of hydrogen-bond donors (Lipinski definition) is 1. The average Bonchev–Trinajstić information content (AvgIpc) is 3.35. The lowest BCUT2D eigenvalue weighted by Gasteiger charge is -2.29. The summed E-state index contributed by atoms with van der Waals surface area (Å²) in [5, 5.41) is 3.48. The lowest BCUT2D eigenvalue weighted by atomic mass is 9.88. The number of ketones is 1. The van der Waals surface area contributed by atoms with Crippen molar-refractivity contribution in [1.82, 2.24) is 5.32 Å². The number of benzene rings is 4. The van der Waals surface area contributed by atoms with Crippen molar-refractivity contribution < 1.29 is 19.0 Å². The summed E-state index contributed by atoms with van der Waals surface area (Å²) in [4.78, 5) is 13.6. The van der Waals surface area contributed by atoms with Crippen LogP contribution in [0.5, 0.6) is 17.2 Å². The highest BCUT2D eigenvalue weighted by Crippen LogP contribution is 2.53. The molecule has 0 atom stereocenters. The molecule has 41 heavy (non-hydrogen) atoms. The maximum absolute atomic E-state index is 13.6. The van der Waals surface area contributed by atoms with E-state index in [0.29, 0.717) is 22.8 Å². The van der Waals surface area contributed by atoms with E-state index in [1.807, 2.05) is 60.7 Å². The molecule has 0 aromatic heterocycles. The summed E-state index contributed by atoms with van der Waals surface area (Å²) in [7, 11) is 1.56. The summed E-state index contributed by atoms with van der Waals surface area (Å²) in [6.45, 7) is 10.8. The molecule has 0 saturated heterocycles. The Hall–Kier alpha value is -3.80. The number of rotatable bonds is 9. The van der Waals surface area contributed by atoms with Gasteiger partial charge in [0.05, 0.1) is 19.2 Å². The fourth-order valence-corrected chi connectivity index (χ4v) is 5.59. The molecule has 0 fully saturated rings. The summed E-state index contributed by atoms with van der Waals surface area (Å²) in [6.07, 6.45) is 0.813. The second-order valence-corrected chi connectivity index (χ2v) is 11.2. The minimum atomic E-state index is -1.19. The van der Waals surface area contributed by atoms with Gasteiger partial charge in [-0.3, -0.25) is 4.79 Å². The van der Waals surface area contributed by atoms with Crippen LogP contribution in [0.2, 0.25) is 0 Å². The van der Waals surface area contributed by atoms with Gasteiger partial charge in [0.25, 0.3) is 0 Å². The van der Waals surface area contributed by atoms with Crippen molar-refractivity contribution in [1.29, 1.82) is 0 Å². The minimum absolute atomic E-state index is 0. The SMILES string of the molecule is COc1c(C(=O)CNC(C)(C)Cc2c(C)cc(C)cc2C)ccc2c1OC(c1ccccc1)(c1ccccc1)O2.Cl. The van der Waals surface area contributed by atoms with E-state index in [0.717, 1.165) is 17.5 Å². The maximum atomic E-state index is 13.6. The van der Waals surface area contributed by atoms with Crippen molar-refractivity contribution in [2.45, 2.75) is 52.4 Å². The van der Waals surface area contributed by atoms with Crippen LogP contribution >= 0.6 is 12.4 Å². The van der Waals surface area contributed by atoms with Crippen LogP contribution in [0.15, 0.2) is 84.9 Å². The van der Waals surface area contributed by atoms with Gasteiger partial charge >= 0.3 is 5.79 Å². The van der Waals surface area contributed by atoms with Gasteiger partial charge in [-0.05, 0) is 69.9 Å². The number of ether oxygens (including phenoxy) is 3. The number of nitrogens with one attached hydrogen (secondary N) is 1. The zero-order valence-corrected chi connectivity index (χ0v) is 25.4. The summed E-state index contributed by atoms with van der Waals surface area (Å²) in [5.41, 5.74) is 6.97. The second-order valence-electron chi connectivity index (χ2n) is 11.2. The third-order valence-electron chi connectivity index (χ3n) is 7.57. The molecule has 4 aromatic rings. The van der Waals surface area contributed by atoms with Crippen LogP contribution in [0.25, 0.3) is 0 Å². The first-order chi connectivity index (χ1) is 19.1. The Morgan fingerprint density at radius 1 is 0.854 bits per heavy atom. The van der Waals surface area contributed by atoms with Crippen LogP contribution in [-0.2, 0) is 12.2 Å². The standard InChI is InChI=1S/C35H37NO4.ClH/c1-23-19-24(2)29(25(3)20-23)21-34(4,5)36-22-30(37)28-17-18-31-33(32(28)38-6)40-35(39-31,26-13-9-7-10-14-26)27-15-11-8-12-16-27;/h7-20,36H,21-22H2,1-6H3;1H. The highest BCUT2D eigenvalue weighted by atomic mass is 35.5. The lowest BCUT2D eigenvalue weighted by molar-refractivity contribution is -0.0467. The van der Waals surface area contributed by atoms with Gasteiger partial charge in [-0.1, -0.05) is 78.4 Å². The number of Topliss-reactive ketones (excluding diaryl/α,β-unsaturated/α-hetero) is 1. The van der Waals surface area contributed by atoms with Crippen LogP contribution in [0.4, 0.5) is 0 Å². The molecule has 0 radical (unpaired) electrons. The molecule has 0 aliphatic carbocycles. The molecule has 1 aliphatic heterocycles. The maximum Gasteiger partial charge on any atom is 0.305 e. The van der Waals surface area contributed by atoms with Gasteiger partial charge < -0.3 is 19.5 Å². The highest BCUT2D eigenvalue weighted by molar-refractivity contribution is 6.01. The van der Waals surface area contributed by atoms with Gasteiger partial charge in [0.15, 0.2) is 17.3 Å². The molecule has 4 aromatic carbocycles. The zero-order chi connectivity index (χ0) is 28.5. The molecule has 0 spiro atoms. The molecule has 5 nitrogen and oxygen atoms in total. The molecule has 214 valence electrons. The van der Waals surface area contributed by atoms with Crippen molar-refractivity contribution in [3.05, 3.63) is 124 Å². The Kier molecular flexibility index (Phi) is 8.81. The first kappa shape index (κ1) is 30.2. The van der Waals surface area contributed by atoms with Crippen molar-refractivity contribution in [2.75, 3.05) is 13.7 Å². The third-order valence-corrected chi connectivity index (χ3v) is 7.57. The van der Waals surface area contributed by atoms with E-state index in [1.54, 1.807) is 19.2 Å². The normalized spacial score (nSPS) is 13.4. The van der Waals surface area contributed by atoms with Gasteiger partial charge in [-0.15, -0.1) is 12.4 Å². The number of methoxy groups -OCH3 is 1. The van der Waals surface area contributed by atoms with E-state index in [4.69, 9.17) is 14.2 Å². The number of halogens is 1. The molecule has 0 unspecified atom stereocenters. The van der Waals surface area contributed by atoms with E-state index in [9.17, 15) is 4.79 Å². The van der Waals surface area contributed by atoms with E-state index in [2.05, 4.69) is 52.1 Å². The fraction of sp³-hybridized carbons (Fsp3) is 0.286. The fourth-order valence-electron chi connectivity index (χ4n) is 5.59. The highest BCUT2D eigenvalue weighted by Gasteiger charge is 2.47. The van der Waals surface area contributed by atoms with E-state index < -0.39 is 5.79 Å². The quantitative estimate of drug-likeness (QED) is 0.211.